The van der Waals surface area contributed by atoms with Gasteiger partial charge in [-0.15, -0.1) is 12.6 Å². The van der Waals surface area contributed by atoms with Crippen molar-refractivity contribution in [2.75, 3.05) is 6.54 Å². The van der Waals surface area contributed by atoms with Crippen molar-refractivity contribution in [3.8, 4) is 0 Å². The van der Waals surface area contributed by atoms with Gasteiger partial charge in [-0.2, -0.15) is 0 Å². The Bertz CT molecular complexity index is 374. The SMILES string of the molecule is O=C(NCCCC1CC1)c1cccc(S)c1. The molecule has 0 unspecified atom stereocenters. The smallest absolute Gasteiger partial charge is 0.251 e. The second-order valence-corrected chi connectivity index (χ2v) is 4.91. The van der Waals surface area contributed by atoms with Gasteiger partial charge in [0.25, 0.3) is 5.91 Å². The van der Waals surface area contributed by atoms with E-state index < -0.39 is 0 Å². The van der Waals surface area contributed by atoms with E-state index in [4.69, 9.17) is 0 Å². The van der Waals surface area contributed by atoms with Crippen LogP contribution in [0, 0.1) is 5.92 Å². The molecule has 0 heterocycles. The van der Waals surface area contributed by atoms with E-state index in [9.17, 15) is 4.79 Å². The molecule has 0 aromatic heterocycles. The summed E-state index contributed by atoms with van der Waals surface area (Å²) in [5.74, 6) is 0.948. The monoisotopic (exact) mass is 235 g/mol. The van der Waals surface area contributed by atoms with Gasteiger partial charge in [-0.05, 0) is 37.0 Å². The number of hydrogen-bond donors (Lipinski definition) is 2. The van der Waals surface area contributed by atoms with Crippen molar-refractivity contribution in [3.63, 3.8) is 0 Å². The molecule has 1 amide bonds. The Hall–Kier alpha value is -0.960. The van der Waals surface area contributed by atoms with Gasteiger partial charge in [-0.1, -0.05) is 18.9 Å². The largest absolute Gasteiger partial charge is 0.352 e. The van der Waals surface area contributed by atoms with E-state index in [0.29, 0.717) is 5.56 Å². The zero-order valence-electron chi connectivity index (χ0n) is 9.28. The van der Waals surface area contributed by atoms with Crippen LogP contribution in [-0.4, -0.2) is 12.5 Å². The topological polar surface area (TPSA) is 29.1 Å². The molecule has 1 saturated carbocycles. The first kappa shape index (κ1) is 11.5. The lowest BCUT2D eigenvalue weighted by Gasteiger charge is -2.05. The molecule has 2 nitrogen and oxygen atoms in total. The third-order valence-electron chi connectivity index (χ3n) is 2.88. The molecule has 0 saturated heterocycles. The minimum atomic E-state index is 0.00620. The average Bonchev–Trinajstić information content (AvgIpc) is 3.08. The van der Waals surface area contributed by atoms with Crippen LogP contribution in [0.25, 0.3) is 0 Å². The average molecular weight is 235 g/mol. The van der Waals surface area contributed by atoms with Gasteiger partial charge in [-0.3, -0.25) is 4.79 Å². The van der Waals surface area contributed by atoms with E-state index in [0.717, 1.165) is 23.8 Å². The highest BCUT2D eigenvalue weighted by atomic mass is 32.1. The first-order valence-corrected chi connectivity index (χ1v) is 6.27. The molecule has 86 valence electrons. The number of carbonyl (C=O) groups is 1. The van der Waals surface area contributed by atoms with Crippen LogP contribution in [0.15, 0.2) is 29.2 Å². The molecule has 0 radical (unpaired) electrons. The molecular formula is C13H17NOS. The normalized spacial score (nSPS) is 14.8. The molecule has 1 aromatic rings. The van der Waals surface area contributed by atoms with Crippen LogP contribution in [0.4, 0.5) is 0 Å². The summed E-state index contributed by atoms with van der Waals surface area (Å²) in [7, 11) is 0. The number of rotatable bonds is 5. The Morgan fingerprint density at radius 1 is 1.44 bits per heavy atom. The van der Waals surface area contributed by atoms with Gasteiger partial charge in [-0.25, -0.2) is 0 Å². The summed E-state index contributed by atoms with van der Waals surface area (Å²) in [6, 6.07) is 7.32. The van der Waals surface area contributed by atoms with Crippen LogP contribution in [-0.2, 0) is 0 Å². The molecular weight excluding hydrogens is 218 g/mol. The summed E-state index contributed by atoms with van der Waals surface area (Å²) >= 11 is 4.21. The highest BCUT2D eigenvalue weighted by molar-refractivity contribution is 7.80. The van der Waals surface area contributed by atoms with Gasteiger partial charge in [0.1, 0.15) is 0 Å². The lowest BCUT2D eigenvalue weighted by atomic mass is 10.2. The lowest BCUT2D eigenvalue weighted by molar-refractivity contribution is 0.0952. The number of carbonyl (C=O) groups excluding carboxylic acids is 1. The first-order valence-electron chi connectivity index (χ1n) is 5.83. The van der Waals surface area contributed by atoms with Crippen LogP contribution in [0.1, 0.15) is 36.0 Å². The highest BCUT2D eigenvalue weighted by Crippen LogP contribution is 2.33. The van der Waals surface area contributed by atoms with Crippen molar-refractivity contribution in [1.29, 1.82) is 0 Å². The van der Waals surface area contributed by atoms with Crippen molar-refractivity contribution >= 4 is 18.5 Å². The van der Waals surface area contributed by atoms with Crippen molar-refractivity contribution in [3.05, 3.63) is 29.8 Å². The third kappa shape index (κ3) is 3.56. The van der Waals surface area contributed by atoms with Gasteiger partial charge < -0.3 is 5.32 Å². The predicted molar refractivity (Wildman–Crippen MR) is 68.0 cm³/mol. The van der Waals surface area contributed by atoms with Crippen LogP contribution >= 0.6 is 12.6 Å². The van der Waals surface area contributed by atoms with Crippen LogP contribution < -0.4 is 5.32 Å². The van der Waals surface area contributed by atoms with Crippen LogP contribution in [0.2, 0.25) is 0 Å². The third-order valence-corrected chi connectivity index (χ3v) is 3.16. The summed E-state index contributed by atoms with van der Waals surface area (Å²) < 4.78 is 0. The van der Waals surface area contributed by atoms with Crippen LogP contribution in [0.3, 0.4) is 0 Å². The van der Waals surface area contributed by atoms with Gasteiger partial charge >= 0.3 is 0 Å². The van der Waals surface area contributed by atoms with Gasteiger partial charge in [0, 0.05) is 17.0 Å². The second kappa shape index (κ2) is 5.39. The molecule has 1 aromatic carbocycles. The number of benzene rings is 1. The molecule has 1 aliphatic carbocycles. The fraction of sp³-hybridized carbons (Fsp3) is 0.462. The standard InChI is InChI=1S/C13H17NOS/c15-13(11-4-1-5-12(16)9-11)14-8-2-3-10-6-7-10/h1,4-5,9-10,16H,2-3,6-8H2,(H,14,15). The number of hydrogen-bond acceptors (Lipinski definition) is 2. The summed E-state index contributed by atoms with van der Waals surface area (Å²) in [4.78, 5) is 12.5. The van der Waals surface area contributed by atoms with Gasteiger partial charge in [0.15, 0.2) is 0 Å². The summed E-state index contributed by atoms with van der Waals surface area (Å²) in [6.07, 6.45) is 5.12. The molecule has 0 bridgehead atoms. The zero-order valence-corrected chi connectivity index (χ0v) is 10.2. The minimum absolute atomic E-state index is 0.00620. The molecule has 3 heteroatoms. The highest BCUT2D eigenvalue weighted by Gasteiger charge is 2.20. The maximum Gasteiger partial charge on any atom is 0.251 e. The first-order chi connectivity index (χ1) is 7.75. The number of amides is 1. The van der Waals surface area contributed by atoms with E-state index in [-0.39, 0.29) is 5.91 Å². The molecule has 0 aliphatic heterocycles. The summed E-state index contributed by atoms with van der Waals surface area (Å²) in [5.41, 5.74) is 0.693. The van der Waals surface area contributed by atoms with E-state index in [2.05, 4.69) is 17.9 Å². The molecule has 0 atom stereocenters. The van der Waals surface area contributed by atoms with Crippen molar-refractivity contribution < 1.29 is 4.79 Å². The van der Waals surface area contributed by atoms with E-state index in [1.165, 1.54) is 19.3 Å². The zero-order chi connectivity index (χ0) is 11.4. The van der Waals surface area contributed by atoms with Crippen molar-refractivity contribution in [2.24, 2.45) is 5.92 Å². The van der Waals surface area contributed by atoms with Gasteiger partial charge in [0.2, 0.25) is 0 Å². The molecule has 1 N–H and O–H groups in total. The van der Waals surface area contributed by atoms with E-state index >= 15 is 0 Å². The minimum Gasteiger partial charge on any atom is -0.352 e. The van der Waals surface area contributed by atoms with Gasteiger partial charge in [0.05, 0.1) is 0 Å². The van der Waals surface area contributed by atoms with Crippen LogP contribution in [0.5, 0.6) is 0 Å². The predicted octanol–water partition coefficient (Wildman–Crippen LogP) is 2.90. The fourth-order valence-electron chi connectivity index (χ4n) is 1.75. The number of thiol groups is 1. The number of nitrogens with one attached hydrogen (secondary N) is 1. The Balaban J connectivity index is 1.73. The van der Waals surface area contributed by atoms with E-state index in [1.807, 2.05) is 18.2 Å². The van der Waals surface area contributed by atoms with Crippen molar-refractivity contribution in [2.45, 2.75) is 30.6 Å². The maximum atomic E-state index is 11.7. The molecule has 16 heavy (non-hydrogen) atoms. The molecule has 0 spiro atoms. The fourth-order valence-corrected chi connectivity index (χ4v) is 1.97. The Morgan fingerprint density at radius 3 is 2.94 bits per heavy atom. The molecule has 2 rings (SSSR count). The molecule has 1 fully saturated rings. The lowest BCUT2D eigenvalue weighted by Crippen LogP contribution is -2.24. The van der Waals surface area contributed by atoms with Crippen molar-refractivity contribution in [1.82, 2.24) is 5.32 Å². The molecule has 1 aliphatic rings. The maximum absolute atomic E-state index is 11.7. The quantitative estimate of drug-likeness (QED) is 0.596. The van der Waals surface area contributed by atoms with E-state index in [1.54, 1.807) is 6.07 Å². The Kier molecular flexibility index (Phi) is 3.88. The summed E-state index contributed by atoms with van der Waals surface area (Å²) in [5, 5.41) is 2.94. The summed E-state index contributed by atoms with van der Waals surface area (Å²) in [6.45, 7) is 0.784. The Labute approximate surface area is 102 Å². The second-order valence-electron chi connectivity index (χ2n) is 4.39. The Morgan fingerprint density at radius 2 is 2.25 bits per heavy atom.